The van der Waals surface area contributed by atoms with Crippen LogP contribution in [0, 0.1) is 0 Å². The Morgan fingerprint density at radius 1 is 1.03 bits per heavy atom. The molecule has 8 nitrogen and oxygen atoms in total. The highest BCUT2D eigenvalue weighted by atomic mass is 16.5. The van der Waals surface area contributed by atoms with Crippen molar-refractivity contribution in [3.05, 3.63) is 94.7 Å². The number of carbonyl (C=O) groups is 2. The minimum Gasteiger partial charge on any atom is -0.449 e. The highest BCUT2D eigenvalue weighted by molar-refractivity contribution is 5.94. The van der Waals surface area contributed by atoms with Gasteiger partial charge in [0.25, 0.3) is 0 Å². The van der Waals surface area contributed by atoms with Crippen molar-refractivity contribution in [1.29, 1.82) is 0 Å². The van der Waals surface area contributed by atoms with E-state index in [2.05, 4.69) is 46.9 Å². The van der Waals surface area contributed by atoms with Crippen LogP contribution in [0.25, 0.3) is 10.8 Å². The third-order valence-corrected chi connectivity index (χ3v) is 7.15. The Morgan fingerprint density at radius 3 is 2.59 bits per heavy atom. The fourth-order valence-corrected chi connectivity index (χ4v) is 5.15. The summed E-state index contributed by atoms with van der Waals surface area (Å²) in [4.78, 5) is 30.3. The molecule has 200 valence electrons. The largest absolute Gasteiger partial charge is 0.449 e. The number of fused-ring (bicyclic) bond motifs is 10. The summed E-state index contributed by atoms with van der Waals surface area (Å²) in [6.45, 7) is 4.78. The third-order valence-electron chi connectivity index (χ3n) is 7.15. The molecule has 0 saturated carbocycles. The Kier molecular flexibility index (Phi) is 7.63. The summed E-state index contributed by atoms with van der Waals surface area (Å²) in [5.74, 6) is 0.325. The Hall–Kier alpha value is -4.59. The van der Waals surface area contributed by atoms with Crippen LogP contribution < -0.4 is 21.7 Å². The molecular weight excluding hydrogens is 490 g/mol. The van der Waals surface area contributed by atoms with Crippen molar-refractivity contribution >= 4 is 40.0 Å². The molecule has 2 amide bonds. The fraction of sp³-hybridized carbons (Fsp3) is 0.258. The molecule has 0 fully saturated rings. The molecule has 0 unspecified atom stereocenters. The number of amides is 2. The van der Waals surface area contributed by atoms with Crippen LogP contribution in [0.1, 0.15) is 47.7 Å². The monoisotopic (exact) mass is 523 g/mol. The topological polar surface area (TPSA) is 118 Å². The van der Waals surface area contributed by atoms with Crippen molar-refractivity contribution in [2.24, 2.45) is 0 Å². The van der Waals surface area contributed by atoms with Crippen molar-refractivity contribution in [2.45, 2.75) is 45.7 Å². The van der Waals surface area contributed by atoms with Gasteiger partial charge in [-0.25, -0.2) is 9.78 Å². The molecule has 3 aromatic carbocycles. The van der Waals surface area contributed by atoms with Crippen LogP contribution in [0.5, 0.6) is 0 Å². The van der Waals surface area contributed by atoms with Crippen LogP contribution in [0.2, 0.25) is 0 Å². The van der Waals surface area contributed by atoms with Crippen LogP contribution in [0.4, 0.5) is 22.0 Å². The zero-order chi connectivity index (χ0) is 27.4. The number of hydrogen-bond donors (Lipinski definition) is 4. The van der Waals surface area contributed by atoms with Gasteiger partial charge in [-0.05, 0) is 82.4 Å². The number of nitrogen functional groups attached to an aromatic ring is 1. The highest BCUT2D eigenvalue weighted by Crippen LogP contribution is 2.29. The third kappa shape index (κ3) is 5.80. The summed E-state index contributed by atoms with van der Waals surface area (Å²) in [6.07, 6.45) is 3.38. The van der Waals surface area contributed by atoms with Gasteiger partial charge in [-0.15, -0.1) is 0 Å². The lowest BCUT2D eigenvalue weighted by Gasteiger charge is -2.24. The minimum atomic E-state index is -0.627. The molecule has 3 heterocycles. The summed E-state index contributed by atoms with van der Waals surface area (Å²) in [5.41, 5.74) is 12.7. The second-order valence-electron chi connectivity index (χ2n) is 9.66. The van der Waals surface area contributed by atoms with Crippen molar-refractivity contribution in [1.82, 2.24) is 10.3 Å². The molecule has 0 spiro atoms. The molecule has 4 bridgehead atoms. The number of nitrogens with zero attached hydrogens (tertiary/aromatic N) is 1. The maximum absolute atomic E-state index is 13.8. The number of ether oxygens (including phenoxy) is 1. The molecule has 2 aliphatic rings. The van der Waals surface area contributed by atoms with Gasteiger partial charge >= 0.3 is 6.09 Å². The van der Waals surface area contributed by atoms with Gasteiger partial charge in [0.05, 0.1) is 6.61 Å². The Balaban J connectivity index is 1.56. The molecule has 8 heteroatoms. The van der Waals surface area contributed by atoms with E-state index in [1.54, 1.807) is 12.3 Å². The molecule has 1 atom stereocenters. The zero-order valence-corrected chi connectivity index (χ0v) is 22.2. The van der Waals surface area contributed by atoms with E-state index in [0.29, 0.717) is 24.5 Å². The van der Waals surface area contributed by atoms with E-state index >= 15 is 0 Å². The molecule has 1 aromatic heterocycles. The molecular formula is C31H33N5O3. The van der Waals surface area contributed by atoms with Gasteiger partial charge < -0.3 is 21.1 Å². The maximum atomic E-state index is 13.8. The number of nitrogens with two attached hydrogens (primary N) is 1. The van der Waals surface area contributed by atoms with Crippen LogP contribution in [-0.4, -0.2) is 23.6 Å². The minimum absolute atomic E-state index is 0.147. The Labute approximate surface area is 228 Å². The number of benzene rings is 3. The summed E-state index contributed by atoms with van der Waals surface area (Å²) >= 11 is 0. The number of anilines is 3. The van der Waals surface area contributed by atoms with E-state index in [-0.39, 0.29) is 12.5 Å². The highest BCUT2D eigenvalue weighted by Gasteiger charge is 2.23. The van der Waals surface area contributed by atoms with Gasteiger partial charge in [-0.3, -0.25) is 10.1 Å². The van der Waals surface area contributed by atoms with Crippen molar-refractivity contribution in [3.8, 4) is 0 Å². The molecule has 4 aromatic rings. The molecule has 39 heavy (non-hydrogen) atoms. The van der Waals surface area contributed by atoms with Crippen LogP contribution in [0.15, 0.2) is 66.9 Å². The average Bonchev–Trinajstić information content (AvgIpc) is 2.94. The van der Waals surface area contributed by atoms with Crippen molar-refractivity contribution in [2.75, 3.05) is 23.0 Å². The molecule has 0 saturated heterocycles. The first-order chi connectivity index (χ1) is 18.9. The smallest absolute Gasteiger partial charge is 0.411 e. The lowest BCUT2D eigenvalue weighted by atomic mass is 9.90. The standard InChI is InChI=1S/C31H33N5O3/c1-3-20-15-23-16-21(4-2)26(20)11-13-39-31(38)36-24-7-5-6-19(14-24)18-34-30(37)28(23)35-25-8-9-27-22(17-25)10-12-33-29(27)32/h5-10,12,14-17,28,35H,3-4,11,13,18H2,1-2H3,(H2,32,33)(H,34,37)(H,36,38)/t28-/m1/s1. The maximum Gasteiger partial charge on any atom is 0.411 e. The van der Waals surface area contributed by atoms with E-state index < -0.39 is 12.1 Å². The van der Waals surface area contributed by atoms with E-state index in [9.17, 15) is 9.59 Å². The lowest BCUT2D eigenvalue weighted by Crippen LogP contribution is -2.33. The first-order valence-corrected chi connectivity index (χ1v) is 13.3. The number of pyridine rings is 1. The van der Waals surface area contributed by atoms with E-state index in [1.807, 2.05) is 42.5 Å². The van der Waals surface area contributed by atoms with E-state index in [4.69, 9.17) is 10.5 Å². The molecule has 6 rings (SSSR count). The number of nitrogens with one attached hydrogen (secondary N) is 3. The molecule has 0 aliphatic carbocycles. The molecule has 5 N–H and O–H groups in total. The van der Waals surface area contributed by atoms with Gasteiger partial charge in [0, 0.05) is 35.9 Å². The number of hydrogen-bond acceptors (Lipinski definition) is 6. The SMILES string of the molecule is CCc1cc2cc(CC)c1CCOC(=O)Nc1cccc(c1)CNC(=O)[C@@H]2Nc1ccc2c(N)nccc2c1. The van der Waals surface area contributed by atoms with Crippen LogP contribution in [0.3, 0.4) is 0 Å². The number of aromatic nitrogens is 1. The van der Waals surface area contributed by atoms with Crippen molar-refractivity contribution in [3.63, 3.8) is 0 Å². The van der Waals surface area contributed by atoms with Gasteiger partial charge in [0.1, 0.15) is 11.9 Å². The Morgan fingerprint density at radius 2 is 1.82 bits per heavy atom. The van der Waals surface area contributed by atoms with Gasteiger partial charge in [0.2, 0.25) is 5.91 Å². The summed E-state index contributed by atoms with van der Waals surface area (Å²) in [6, 6.07) is 18.7. The first kappa shape index (κ1) is 26.0. The molecule has 2 aliphatic heterocycles. The first-order valence-electron chi connectivity index (χ1n) is 13.3. The van der Waals surface area contributed by atoms with Crippen LogP contribution >= 0.6 is 0 Å². The fourth-order valence-electron chi connectivity index (χ4n) is 5.15. The van der Waals surface area contributed by atoms with Gasteiger partial charge in [-0.1, -0.05) is 38.1 Å². The molecule has 0 radical (unpaired) electrons. The quantitative estimate of drug-likeness (QED) is 0.280. The number of rotatable bonds is 4. The van der Waals surface area contributed by atoms with Gasteiger partial charge in [0.15, 0.2) is 0 Å². The van der Waals surface area contributed by atoms with Crippen LogP contribution in [-0.2, 0) is 35.3 Å². The van der Waals surface area contributed by atoms with E-state index in [0.717, 1.165) is 51.6 Å². The number of carbonyl (C=O) groups excluding carboxylic acids is 2. The lowest BCUT2D eigenvalue weighted by molar-refractivity contribution is -0.122. The normalized spacial score (nSPS) is 15.9. The second-order valence-corrected chi connectivity index (χ2v) is 9.66. The number of aryl methyl sites for hydroxylation is 2. The summed E-state index contributed by atoms with van der Waals surface area (Å²) < 4.78 is 5.51. The van der Waals surface area contributed by atoms with Gasteiger partial charge in [-0.2, -0.15) is 0 Å². The zero-order valence-electron chi connectivity index (χ0n) is 22.2. The second kappa shape index (κ2) is 11.4. The predicted octanol–water partition coefficient (Wildman–Crippen LogP) is 5.52. The Bertz CT molecular complexity index is 1510. The predicted molar refractivity (Wildman–Crippen MR) is 155 cm³/mol. The summed E-state index contributed by atoms with van der Waals surface area (Å²) in [5, 5.41) is 11.2. The average molecular weight is 524 g/mol. The summed E-state index contributed by atoms with van der Waals surface area (Å²) in [7, 11) is 0. The van der Waals surface area contributed by atoms with E-state index in [1.165, 1.54) is 5.56 Å². The van der Waals surface area contributed by atoms with Crippen molar-refractivity contribution < 1.29 is 14.3 Å².